The van der Waals surface area contributed by atoms with Crippen LogP contribution in [0.5, 0.6) is 0 Å². The molecule has 1 fully saturated rings. The maximum Gasteiger partial charge on any atom is 0.407 e. The zero-order chi connectivity index (χ0) is 34.9. The highest BCUT2D eigenvalue weighted by Crippen LogP contribution is 2.45. The van der Waals surface area contributed by atoms with Crippen molar-refractivity contribution in [3.8, 4) is 11.1 Å². The van der Waals surface area contributed by atoms with Gasteiger partial charge in [-0.1, -0.05) is 171 Å². The summed E-state index contributed by atoms with van der Waals surface area (Å²) in [7, 11) is 0. The van der Waals surface area contributed by atoms with Gasteiger partial charge in [-0.2, -0.15) is 5.48 Å². The summed E-state index contributed by atoms with van der Waals surface area (Å²) in [6, 6.07) is 43.9. The second kappa shape index (κ2) is 16.7. The Labute approximate surface area is 307 Å². The molecule has 5 nitrogen and oxygen atoms in total. The van der Waals surface area contributed by atoms with Crippen LogP contribution in [0.15, 0.2) is 127 Å². The van der Waals surface area contributed by atoms with Crippen LogP contribution in [0.1, 0.15) is 96.6 Å². The van der Waals surface area contributed by atoms with Gasteiger partial charge in [0.25, 0.3) is 0 Å². The molecule has 262 valence electrons. The average molecular weight is 699 g/mol. The van der Waals surface area contributed by atoms with Crippen LogP contribution >= 0.6 is 11.6 Å². The number of halogens is 1. The van der Waals surface area contributed by atoms with Crippen molar-refractivity contribution in [1.82, 2.24) is 10.8 Å². The third-order valence-electron chi connectivity index (χ3n) is 10.7. The monoisotopic (exact) mass is 698 g/mol. The van der Waals surface area contributed by atoms with Gasteiger partial charge in [0.1, 0.15) is 12.1 Å². The van der Waals surface area contributed by atoms with Gasteiger partial charge in [0, 0.05) is 23.0 Å². The molecule has 2 N–H and O–H groups in total. The number of amides is 1. The molecule has 0 radical (unpaired) electrons. The summed E-state index contributed by atoms with van der Waals surface area (Å²) in [5.74, 6) is 0.586. The Kier molecular flexibility index (Phi) is 11.5. The second-order valence-corrected chi connectivity index (χ2v) is 14.2. The summed E-state index contributed by atoms with van der Waals surface area (Å²) in [5.41, 5.74) is 11.6. The van der Waals surface area contributed by atoms with Gasteiger partial charge in [0.15, 0.2) is 0 Å². The number of benzene rings is 5. The van der Waals surface area contributed by atoms with Gasteiger partial charge in [-0.3, -0.25) is 4.84 Å². The van der Waals surface area contributed by atoms with Crippen LogP contribution in [-0.4, -0.2) is 25.9 Å². The Morgan fingerprint density at radius 3 is 1.90 bits per heavy atom. The number of hydroxylamine groups is 1. The van der Waals surface area contributed by atoms with Gasteiger partial charge in [-0.15, -0.1) is 0 Å². The molecular formula is C45H47ClN2O3. The Balaban J connectivity index is 1.05. The molecule has 0 aliphatic heterocycles. The number of carbonyl (C=O) groups is 1. The van der Waals surface area contributed by atoms with Crippen LogP contribution in [0, 0.1) is 0 Å². The average Bonchev–Trinajstić information content (AvgIpc) is 3.56. The first-order valence-electron chi connectivity index (χ1n) is 18.5. The first kappa shape index (κ1) is 35.0. The zero-order valence-electron chi connectivity index (χ0n) is 29.2. The maximum absolute atomic E-state index is 12.9. The van der Waals surface area contributed by atoms with E-state index in [0.29, 0.717) is 10.9 Å². The molecule has 0 heterocycles. The van der Waals surface area contributed by atoms with Crippen molar-refractivity contribution in [3.63, 3.8) is 0 Å². The van der Waals surface area contributed by atoms with Crippen LogP contribution in [0.25, 0.3) is 11.1 Å². The van der Waals surface area contributed by atoms with Crippen molar-refractivity contribution in [2.75, 3.05) is 19.8 Å². The van der Waals surface area contributed by atoms with E-state index >= 15 is 0 Å². The topological polar surface area (TPSA) is 59.6 Å². The van der Waals surface area contributed by atoms with Crippen LogP contribution < -0.4 is 10.8 Å². The highest BCUT2D eigenvalue weighted by atomic mass is 35.5. The molecule has 0 spiro atoms. The van der Waals surface area contributed by atoms with Crippen LogP contribution in [0.4, 0.5) is 4.79 Å². The van der Waals surface area contributed by atoms with E-state index in [-0.39, 0.29) is 25.7 Å². The first-order valence-corrected chi connectivity index (χ1v) is 18.9. The minimum atomic E-state index is -0.902. The van der Waals surface area contributed by atoms with Gasteiger partial charge in [0.2, 0.25) is 0 Å². The van der Waals surface area contributed by atoms with Gasteiger partial charge in [-0.05, 0) is 63.8 Å². The SMILES string of the molecule is O=C(NCCONC(c1ccccc1)(c1ccc(C2CCCCCCCC2)cc1)c1ccccc1Cl)OCC1c2ccccc2-c2ccccc21. The number of rotatable bonds is 11. The van der Waals surface area contributed by atoms with Crippen LogP contribution in [-0.2, 0) is 15.1 Å². The molecule has 2 aliphatic carbocycles. The number of alkyl carbamates (subject to hydrolysis) is 1. The fraction of sp³-hybridized carbons (Fsp3) is 0.311. The van der Waals surface area contributed by atoms with Crippen molar-refractivity contribution in [2.24, 2.45) is 0 Å². The molecule has 0 aromatic heterocycles. The van der Waals surface area contributed by atoms with Crippen molar-refractivity contribution in [3.05, 3.63) is 166 Å². The molecular weight excluding hydrogens is 652 g/mol. The van der Waals surface area contributed by atoms with Crippen LogP contribution in [0.3, 0.4) is 0 Å². The lowest BCUT2D eigenvalue weighted by atomic mass is 9.77. The van der Waals surface area contributed by atoms with Crippen molar-refractivity contribution >= 4 is 17.7 Å². The number of hydrogen-bond acceptors (Lipinski definition) is 4. The summed E-state index contributed by atoms with van der Waals surface area (Å²) in [4.78, 5) is 19.1. The molecule has 0 saturated heterocycles. The third-order valence-corrected chi connectivity index (χ3v) is 11.0. The predicted molar refractivity (Wildman–Crippen MR) is 206 cm³/mol. The predicted octanol–water partition coefficient (Wildman–Crippen LogP) is 10.9. The molecule has 1 unspecified atom stereocenters. The Hall–Kier alpha value is -4.42. The molecule has 1 atom stereocenters. The van der Waals surface area contributed by atoms with E-state index in [1.54, 1.807) is 0 Å². The fourth-order valence-electron chi connectivity index (χ4n) is 8.09. The van der Waals surface area contributed by atoms with Crippen LogP contribution in [0.2, 0.25) is 5.02 Å². The number of hydrogen-bond donors (Lipinski definition) is 2. The van der Waals surface area contributed by atoms with Crippen molar-refractivity contribution in [1.29, 1.82) is 0 Å². The summed E-state index contributed by atoms with van der Waals surface area (Å²) >= 11 is 6.97. The standard InChI is InChI=1S/C45H47ClN2O3/c46-43-25-15-14-24-42(43)45(35-18-8-5-9-19-35,36-28-26-34(27-29-36)33-16-6-3-1-2-4-7-17-33)48-51-31-30-47-44(49)50-32-41-39-22-12-10-20-37(39)38-21-11-13-23-40(38)41/h5,8-15,18-29,33,41,48H,1-4,6-7,16-17,30-32H2,(H,47,49). The minimum Gasteiger partial charge on any atom is -0.449 e. The van der Waals surface area contributed by atoms with Gasteiger partial charge in [-0.25, -0.2) is 4.79 Å². The first-order chi connectivity index (χ1) is 25.1. The van der Waals surface area contributed by atoms with E-state index in [0.717, 1.165) is 16.7 Å². The van der Waals surface area contributed by atoms with E-state index < -0.39 is 11.6 Å². The number of nitrogens with one attached hydrogen (secondary N) is 2. The Bertz CT molecular complexity index is 1840. The molecule has 51 heavy (non-hydrogen) atoms. The number of ether oxygens (including phenoxy) is 1. The summed E-state index contributed by atoms with van der Waals surface area (Å²) in [6.45, 7) is 0.737. The van der Waals surface area contributed by atoms with E-state index in [4.69, 9.17) is 21.2 Å². The third kappa shape index (κ3) is 7.77. The molecule has 1 amide bonds. The second-order valence-electron chi connectivity index (χ2n) is 13.8. The van der Waals surface area contributed by atoms with E-state index in [1.165, 1.54) is 79.2 Å². The lowest BCUT2D eigenvalue weighted by Gasteiger charge is -2.37. The number of carbonyl (C=O) groups excluding carboxylic acids is 1. The van der Waals surface area contributed by atoms with Gasteiger partial charge >= 0.3 is 6.09 Å². The molecule has 2 aliphatic rings. The zero-order valence-corrected chi connectivity index (χ0v) is 29.9. The quantitative estimate of drug-likeness (QED) is 0.0819. The highest BCUT2D eigenvalue weighted by Gasteiger charge is 2.39. The molecule has 0 bridgehead atoms. The molecule has 1 saturated carbocycles. The van der Waals surface area contributed by atoms with E-state index in [9.17, 15) is 4.79 Å². The Morgan fingerprint density at radius 2 is 1.24 bits per heavy atom. The van der Waals surface area contributed by atoms with Crippen molar-refractivity contribution in [2.45, 2.75) is 68.7 Å². The van der Waals surface area contributed by atoms with Gasteiger partial charge in [0.05, 0.1) is 6.61 Å². The Morgan fingerprint density at radius 1 is 0.667 bits per heavy atom. The lowest BCUT2D eigenvalue weighted by Crippen LogP contribution is -2.46. The summed E-state index contributed by atoms with van der Waals surface area (Å²) < 4.78 is 5.75. The van der Waals surface area contributed by atoms with E-state index in [2.05, 4.69) is 71.5 Å². The lowest BCUT2D eigenvalue weighted by molar-refractivity contribution is 0.00239. The largest absolute Gasteiger partial charge is 0.449 e. The normalized spacial score (nSPS) is 16.2. The molecule has 7 rings (SSSR count). The minimum absolute atomic E-state index is 0.00567. The summed E-state index contributed by atoms with van der Waals surface area (Å²) in [6.07, 6.45) is 9.97. The molecule has 5 aromatic rings. The maximum atomic E-state index is 12.9. The number of fused-ring (bicyclic) bond motifs is 3. The van der Waals surface area contributed by atoms with Crippen molar-refractivity contribution < 1.29 is 14.4 Å². The molecule has 6 heteroatoms. The van der Waals surface area contributed by atoms with E-state index in [1.807, 2.05) is 66.7 Å². The smallest absolute Gasteiger partial charge is 0.407 e. The fourth-order valence-corrected chi connectivity index (χ4v) is 8.37. The molecule has 5 aromatic carbocycles. The summed E-state index contributed by atoms with van der Waals surface area (Å²) in [5, 5.41) is 3.51. The van der Waals surface area contributed by atoms with Gasteiger partial charge < -0.3 is 10.1 Å². The highest BCUT2D eigenvalue weighted by molar-refractivity contribution is 6.31.